The Morgan fingerprint density at radius 2 is 1.88 bits per heavy atom. The minimum absolute atomic E-state index is 0. The Hall–Kier alpha value is -0.530. The van der Waals surface area contributed by atoms with Crippen LogP contribution >= 0.6 is 22.6 Å². The number of hydrogen-bond donors (Lipinski definition) is 0. The van der Waals surface area contributed by atoms with Crippen molar-refractivity contribution in [2.45, 2.75) is 24.5 Å². The zero-order valence-electron chi connectivity index (χ0n) is 12.6. The van der Waals surface area contributed by atoms with E-state index in [0.29, 0.717) is 6.42 Å². The van der Waals surface area contributed by atoms with E-state index >= 15 is 0 Å². The third-order valence-electron chi connectivity index (χ3n) is 3.13. The first-order valence-electron chi connectivity index (χ1n) is 6.45. The van der Waals surface area contributed by atoms with E-state index in [9.17, 15) is 27.4 Å². The van der Waals surface area contributed by atoms with Gasteiger partial charge < -0.3 is 9.39 Å². The molecule has 0 radical (unpaired) electrons. The van der Waals surface area contributed by atoms with Crippen LogP contribution in [0.15, 0.2) is 24.3 Å². The number of aryl methyl sites for hydroxylation is 1. The van der Waals surface area contributed by atoms with E-state index in [1.807, 2.05) is 24.3 Å². The van der Waals surface area contributed by atoms with Gasteiger partial charge in [-0.3, -0.25) is 9.59 Å². The molecule has 1 atom stereocenters. The molecule has 0 aliphatic carbocycles. The van der Waals surface area contributed by atoms with E-state index in [1.54, 1.807) is 0 Å². The first kappa shape index (κ1) is 21.5. The Balaban J connectivity index is 0.00000288. The summed E-state index contributed by atoms with van der Waals surface area (Å²) < 4.78 is 33.6. The standard InChI is InChI=1S/C13H12INO7S.Na/c14-9-4-1-8(2-5-9)3-6-12(17)22-15-11(16)7-10(13(15)18)23(19,20)21;/h1-2,4-5,10H,3,6-7H2,(H,19,20,21);/q;+1/p-1/i14-4;. The maximum absolute atomic E-state index is 11.7. The van der Waals surface area contributed by atoms with Gasteiger partial charge in [0, 0.05) is 3.57 Å². The van der Waals surface area contributed by atoms with Crippen LogP contribution in [0, 0.1) is 3.57 Å². The summed E-state index contributed by atoms with van der Waals surface area (Å²) in [6.07, 6.45) is -0.587. The van der Waals surface area contributed by atoms with Gasteiger partial charge in [-0.25, -0.2) is 13.2 Å². The summed E-state index contributed by atoms with van der Waals surface area (Å²) in [5.74, 6) is -3.22. The molecule has 0 aromatic heterocycles. The average molecular weight is 471 g/mol. The second-order valence-electron chi connectivity index (χ2n) is 4.80. The maximum Gasteiger partial charge on any atom is 1.00 e. The summed E-state index contributed by atoms with van der Waals surface area (Å²) in [4.78, 5) is 39.5. The van der Waals surface area contributed by atoms with E-state index in [1.165, 1.54) is 0 Å². The quantitative estimate of drug-likeness (QED) is 0.199. The minimum atomic E-state index is -4.97. The van der Waals surface area contributed by atoms with E-state index in [2.05, 4.69) is 27.4 Å². The molecule has 0 saturated carbocycles. The molecule has 1 aliphatic heterocycles. The van der Waals surface area contributed by atoms with Gasteiger partial charge in [-0.05, 0) is 46.7 Å². The topological polar surface area (TPSA) is 121 Å². The molecule has 1 aromatic carbocycles. The van der Waals surface area contributed by atoms with Crippen LogP contribution in [0.4, 0.5) is 0 Å². The smallest absolute Gasteiger partial charge is 0.747 e. The zero-order valence-corrected chi connectivity index (χ0v) is 17.6. The molecule has 11 heteroatoms. The Morgan fingerprint density at radius 3 is 2.38 bits per heavy atom. The van der Waals surface area contributed by atoms with Gasteiger partial charge in [-0.1, -0.05) is 12.1 Å². The molecule has 2 amide bonds. The third-order valence-corrected chi connectivity index (χ3v) is 4.92. The second-order valence-corrected chi connectivity index (χ2v) is 7.60. The van der Waals surface area contributed by atoms with Crippen LogP contribution in [0.2, 0.25) is 0 Å². The molecular weight excluding hydrogens is 460 g/mol. The number of amides is 2. The van der Waals surface area contributed by atoms with Crippen molar-refractivity contribution in [1.29, 1.82) is 0 Å². The van der Waals surface area contributed by atoms with E-state index in [0.717, 1.165) is 9.13 Å². The number of rotatable bonds is 5. The molecule has 0 spiro atoms. The summed E-state index contributed by atoms with van der Waals surface area (Å²) in [5.41, 5.74) is 0.862. The molecule has 8 nitrogen and oxygen atoms in total. The summed E-state index contributed by atoms with van der Waals surface area (Å²) in [5, 5.41) is -1.96. The van der Waals surface area contributed by atoms with Crippen LogP contribution in [0.1, 0.15) is 18.4 Å². The van der Waals surface area contributed by atoms with Crippen molar-refractivity contribution in [3.63, 3.8) is 0 Å². The largest absolute Gasteiger partial charge is 1.00 e. The van der Waals surface area contributed by atoms with Crippen LogP contribution in [-0.2, 0) is 35.8 Å². The summed E-state index contributed by atoms with van der Waals surface area (Å²) >= 11 is 2.14. The molecule has 1 saturated heterocycles. The third kappa shape index (κ3) is 5.49. The minimum Gasteiger partial charge on any atom is -0.747 e. The van der Waals surface area contributed by atoms with Crippen molar-refractivity contribution in [3.05, 3.63) is 33.4 Å². The molecule has 0 bridgehead atoms. The van der Waals surface area contributed by atoms with Gasteiger partial charge in [-0.15, -0.1) is 5.06 Å². The van der Waals surface area contributed by atoms with E-state index in [-0.39, 0.29) is 41.0 Å². The van der Waals surface area contributed by atoms with Crippen LogP contribution in [0.5, 0.6) is 0 Å². The number of imide groups is 1. The van der Waals surface area contributed by atoms with Crippen molar-refractivity contribution in [2.75, 3.05) is 0 Å². The van der Waals surface area contributed by atoms with Crippen LogP contribution in [-0.4, -0.2) is 41.1 Å². The first-order chi connectivity index (χ1) is 10.7. The number of hydroxylamine groups is 2. The fourth-order valence-electron chi connectivity index (χ4n) is 1.95. The molecule has 0 N–H and O–H groups in total. The van der Waals surface area contributed by atoms with Crippen molar-refractivity contribution >= 4 is 50.5 Å². The number of halogens is 1. The molecule has 1 aliphatic rings. The Kier molecular flexibility index (Phi) is 7.81. The molecule has 124 valence electrons. The van der Waals surface area contributed by atoms with Crippen molar-refractivity contribution < 1.29 is 61.7 Å². The molecule has 1 unspecified atom stereocenters. The molecule has 1 fully saturated rings. The number of carbonyl (C=O) groups is 3. The predicted molar refractivity (Wildman–Crippen MR) is 83.5 cm³/mol. The Morgan fingerprint density at radius 1 is 1.29 bits per heavy atom. The molecular formula is C13H11INNaO7S. The Labute approximate surface area is 174 Å². The predicted octanol–water partition coefficient (Wildman–Crippen LogP) is -2.64. The number of hydrogen-bond acceptors (Lipinski definition) is 7. The number of carbonyl (C=O) groups excluding carboxylic acids is 3. The van der Waals surface area contributed by atoms with Gasteiger partial charge in [0.1, 0.15) is 15.4 Å². The SMILES string of the molecule is O=C(CCc1ccc([123I])cc1)ON1C(=O)CC(S(=O)(=O)[O-])C1=O.[Na+]. The van der Waals surface area contributed by atoms with E-state index < -0.39 is 39.6 Å². The maximum atomic E-state index is 11.7. The van der Waals surface area contributed by atoms with Gasteiger partial charge in [-0.2, -0.15) is 0 Å². The number of benzene rings is 1. The van der Waals surface area contributed by atoms with Gasteiger partial charge in [0.25, 0.3) is 11.8 Å². The van der Waals surface area contributed by atoms with Crippen molar-refractivity contribution in [3.8, 4) is 0 Å². The van der Waals surface area contributed by atoms with Crippen LogP contribution < -0.4 is 29.6 Å². The van der Waals surface area contributed by atoms with Gasteiger partial charge in [0.05, 0.1) is 12.8 Å². The van der Waals surface area contributed by atoms with E-state index in [4.69, 9.17) is 0 Å². The fraction of sp³-hybridized carbons (Fsp3) is 0.308. The van der Waals surface area contributed by atoms with Gasteiger partial charge in [0.15, 0.2) is 0 Å². The second kappa shape index (κ2) is 8.72. The summed E-state index contributed by atoms with van der Waals surface area (Å²) in [6.45, 7) is 0. The van der Waals surface area contributed by atoms with Crippen molar-refractivity contribution in [1.82, 2.24) is 5.06 Å². The molecule has 1 heterocycles. The average Bonchev–Trinajstić information content (AvgIpc) is 2.75. The molecule has 1 aromatic rings. The zero-order chi connectivity index (χ0) is 17.2. The monoisotopic (exact) mass is 471 g/mol. The summed E-state index contributed by atoms with van der Waals surface area (Å²) in [7, 11) is -4.97. The van der Waals surface area contributed by atoms with Crippen LogP contribution in [0.25, 0.3) is 0 Å². The number of nitrogens with zero attached hydrogens (tertiary/aromatic N) is 1. The van der Waals surface area contributed by atoms with Crippen LogP contribution in [0.3, 0.4) is 0 Å². The van der Waals surface area contributed by atoms with Gasteiger partial charge in [0.2, 0.25) is 0 Å². The normalized spacial score (nSPS) is 17.6. The first-order valence-corrected chi connectivity index (χ1v) is 9.00. The Bertz CT molecular complexity index is 750. The fourth-order valence-corrected chi connectivity index (χ4v) is 3.00. The molecule has 2 rings (SSSR count). The molecule has 24 heavy (non-hydrogen) atoms. The van der Waals surface area contributed by atoms with Gasteiger partial charge >= 0.3 is 35.5 Å². The van der Waals surface area contributed by atoms with Crippen molar-refractivity contribution in [2.24, 2.45) is 0 Å². The summed E-state index contributed by atoms with van der Waals surface area (Å²) in [6, 6.07) is 7.36.